The Morgan fingerprint density at radius 1 is 1.48 bits per heavy atom. The number of hydrogen-bond donors (Lipinski definition) is 1. The van der Waals surface area contributed by atoms with Crippen LogP contribution in [0.15, 0.2) is 30.6 Å². The second-order valence-electron chi connectivity index (χ2n) is 5.24. The fourth-order valence-corrected chi connectivity index (χ4v) is 2.70. The normalized spacial score (nSPS) is 21.5. The minimum atomic E-state index is -0.966. The quantitative estimate of drug-likeness (QED) is 0.908. The van der Waals surface area contributed by atoms with Gasteiger partial charge in [0.15, 0.2) is 0 Å². The number of nitriles is 1. The Kier molecular flexibility index (Phi) is 3.31. The third kappa shape index (κ3) is 2.58. The smallest absolute Gasteiger partial charge is 0.143 e. The van der Waals surface area contributed by atoms with E-state index >= 15 is 0 Å². The van der Waals surface area contributed by atoms with Crippen LogP contribution in [0.3, 0.4) is 0 Å². The van der Waals surface area contributed by atoms with Crippen LogP contribution in [0.1, 0.15) is 12.0 Å². The highest BCUT2D eigenvalue weighted by Gasteiger charge is 2.37. The first-order valence-electron chi connectivity index (χ1n) is 6.61. The number of aromatic nitrogens is 3. The van der Waals surface area contributed by atoms with Crippen molar-refractivity contribution in [1.82, 2.24) is 15.0 Å². The highest BCUT2D eigenvalue weighted by molar-refractivity contribution is 5.60. The Morgan fingerprint density at radius 2 is 2.33 bits per heavy atom. The summed E-state index contributed by atoms with van der Waals surface area (Å²) in [6.07, 6.45) is 3.76. The molecule has 1 aromatic carbocycles. The largest absolute Gasteiger partial charge is 0.386 e. The lowest BCUT2D eigenvalue weighted by Gasteiger charge is -2.24. The summed E-state index contributed by atoms with van der Waals surface area (Å²) in [6, 6.07) is 6.42. The molecule has 108 valence electrons. The van der Waals surface area contributed by atoms with Gasteiger partial charge in [-0.25, -0.2) is 9.07 Å². The van der Waals surface area contributed by atoms with Crippen LogP contribution in [0.5, 0.6) is 0 Å². The number of anilines is 1. The molecule has 1 saturated heterocycles. The fourth-order valence-electron chi connectivity index (χ4n) is 2.70. The number of benzene rings is 1. The number of nitrogens with zero attached hydrogens (tertiary/aromatic N) is 5. The van der Waals surface area contributed by atoms with Crippen LogP contribution in [0.2, 0.25) is 0 Å². The van der Waals surface area contributed by atoms with Gasteiger partial charge in [-0.15, -0.1) is 5.10 Å². The molecule has 1 fully saturated rings. The Bertz CT molecular complexity index is 681. The molecule has 0 spiro atoms. The van der Waals surface area contributed by atoms with E-state index in [0.29, 0.717) is 31.7 Å². The van der Waals surface area contributed by atoms with E-state index < -0.39 is 11.4 Å². The highest BCUT2D eigenvalue weighted by Crippen LogP contribution is 2.31. The fraction of sp³-hybridized carbons (Fsp3) is 0.357. The van der Waals surface area contributed by atoms with Crippen LogP contribution in [-0.2, 0) is 6.54 Å². The first-order chi connectivity index (χ1) is 10.1. The molecule has 1 N–H and O–H groups in total. The number of halogens is 1. The van der Waals surface area contributed by atoms with Crippen LogP contribution in [0.4, 0.5) is 10.1 Å². The molecule has 1 atom stereocenters. The Morgan fingerprint density at radius 3 is 3.05 bits per heavy atom. The zero-order chi connectivity index (χ0) is 14.9. The molecule has 0 saturated carbocycles. The van der Waals surface area contributed by atoms with Crippen molar-refractivity contribution in [2.24, 2.45) is 0 Å². The molecule has 1 aliphatic rings. The van der Waals surface area contributed by atoms with Crippen molar-refractivity contribution < 1.29 is 9.50 Å². The average molecular weight is 287 g/mol. The van der Waals surface area contributed by atoms with E-state index in [2.05, 4.69) is 10.3 Å². The SMILES string of the molecule is N#Cc1c(F)cccc1N1CCC(O)(Cn2ccnn2)C1. The van der Waals surface area contributed by atoms with Crippen molar-refractivity contribution in [1.29, 1.82) is 5.26 Å². The van der Waals surface area contributed by atoms with Crippen molar-refractivity contribution in [2.75, 3.05) is 18.0 Å². The van der Waals surface area contributed by atoms with Gasteiger partial charge in [0.25, 0.3) is 0 Å². The molecule has 0 radical (unpaired) electrons. The second-order valence-corrected chi connectivity index (χ2v) is 5.24. The number of rotatable bonds is 3. The van der Waals surface area contributed by atoms with E-state index in [0.717, 1.165) is 0 Å². The topological polar surface area (TPSA) is 78.0 Å². The van der Waals surface area contributed by atoms with Crippen LogP contribution in [0, 0.1) is 17.1 Å². The van der Waals surface area contributed by atoms with Crippen LogP contribution in [-0.4, -0.2) is 38.8 Å². The summed E-state index contributed by atoms with van der Waals surface area (Å²) in [6.45, 7) is 1.20. The minimum Gasteiger partial charge on any atom is -0.386 e. The van der Waals surface area contributed by atoms with Crippen molar-refractivity contribution in [3.8, 4) is 6.07 Å². The predicted molar refractivity (Wildman–Crippen MR) is 72.9 cm³/mol. The van der Waals surface area contributed by atoms with Gasteiger partial charge in [0.1, 0.15) is 23.1 Å². The molecule has 1 aromatic heterocycles. The summed E-state index contributed by atoms with van der Waals surface area (Å²) in [5, 5.41) is 27.3. The third-order valence-electron chi connectivity index (χ3n) is 3.70. The molecule has 0 bridgehead atoms. The summed E-state index contributed by atoms with van der Waals surface area (Å²) in [7, 11) is 0. The van der Waals surface area contributed by atoms with Crippen molar-refractivity contribution in [3.63, 3.8) is 0 Å². The van der Waals surface area contributed by atoms with Gasteiger partial charge in [-0.05, 0) is 18.6 Å². The van der Waals surface area contributed by atoms with Gasteiger partial charge in [0.05, 0.1) is 18.4 Å². The van der Waals surface area contributed by atoms with Crippen molar-refractivity contribution in [2.45, 2.75) is 18.6 Å². The molecular weight excluding hydrogens is 273 g/mol. The molecule has 0 amide bonds. The highest BCUT2D eigenvalue weighted by atomic mass is 19.1. The maximum atomic E-state index is 13.7. The van der Waals surface area contributed by atoms with E-state index in [1.54, 1.807) is 29.2 Å². The van der Waals surface area contributed by atoms with E-state index in [4.69, 9.17) is 5.26 Å². The average Bonchev–Trinajstić information content (AvgIpc) is 3.09. The van der Waals surface area contributed by atoms with Gasteiger partial charge in [0.2, 0.25) is 0 Å². The lowest BCUT2D eigenvalue weighted by molar-refractivity contribution is 0.0408. The molecular formula is C14H14FN5O. The molecule has 21 heavy (non-hydrogen) atoms. The number of β-amino-alcohol motifs (C(OH)–C–C–N with tert-alkyl or cyclic N) is 1. The summed E-state index contributed by atoms with van der Waals surface area (Å²) in [4.78, 5) is 1.83. The molecule has 2 aromatic rings. The first-order valence-corrected chi connectivity index (χ1v) is 6.61. The van der Waals surface area contributed by atoms with Gasteiger partial charge in [-0.1, -0.05) is 11.3 Å². The lowest BCUT2D eigenvalue weighted by Crippen LogP contribution is -2.38. The number of aliphatic hydroxyl groups is 1. The van der Waals surface area contributed by atoms with Crippen LogP contribution >= 0.6 is 0 Å². The summed E-state index contributed by atoms with van der Waals surface area (Å²) in [5.41, 5.74) is -0.429. The Hall–Kier alpha value is -2.46. The summed E-state index contributed by atoms with van der Waals surface area (Å²) >= 11 is 0. The van der Waals surface area contributed by atoms with E-state index in [1.165, 1.54) is 6.07 Å². The molecule has 1 aliphatic heterocycles. The minimum absolute atomic E-state index is 0.0162. The zero-order valence-corrected chi connectivity index (χ0v) is 11.3. The van der Waals surface area contributed by atoms with Crippen LogP contribution < -0.4 is 4.90 Å². The van der Waals surface area contributed by atoms with Gasteiger partial charge >= 0.3 is 0 Å². The monoisotopic (exact) mass is 287 g/mol. The predicted octanol–water partition coefficient (Wildman–Crippen LogP) is 0.930. The van der Waals surface area contributed by atoms with E-state index in [-0.39, 0.29) is 5.56 Å². The molecule has 0 aliphatic carbocycles. The molecule has 1 unspecified atom stereocenters. The summed E-state index contributed by atoms with van der Waals surface area (Å²) < 4.78 is 15.2. The maximum Gasteiger partial charge on any atom is 0.143 e. The Labute approximate surface area is 121 Å². The van der Waals surface area contributed by atoms with Gasteiger partial charge in [-0.2, -0.15) is 5.26 Å². The van der Waals surface area contributed by atoms with Gasteiger partial charge in [-0.3, -0.25) is 0 Å². The standard InChI is InChI=1S/C14H14FN5O/c15-12-2-1-3-13(11(12)8-16)19-6-4-14(21,9-19)10-20-7-5-17-18-20/h1-3,5,7,21H,4,6,9-10H2. The van der Waals surface area contributed by atoms with Crippen molar-refractivity contribution >= 4 is 5.69 Å². The first kappa shape index (κ1) is 13.5. The Balaban J connectivity index is 1.81. The number of hydrogen-bond acceptors (Lipinski definition) is 5. The maximum absolute atomic E-state index is 13.7. The summed E-state index contributed by atoms with van der Waals surface area (Å²) in [5.74, 6) is -0.540. The van der Waals surface area contributed by atoms with E-state index in [9.17, 15) is 9.50 Å². The third-order valence-corrected chi connectivity index (χ3v) is 3.70. The van der Waals surface area contributed by atoms with E-state index in [1.807, 2.05) is 11.0 Å². The van der Waals surface area contributed by atoms with Crippen molar-refractivity contribution in [3.05, 3.63) is 42.0 Å². The zero-order valence-electron chi connectivity index (χ0n) is 11.3. The molecule has 2 heterocycles. The molecule has 3 rings (SSSR count). The molecule has 7 heteroatoms. The van der Waals surface area contributed by atoms with Gasteiger partial charge < -0.3 is 10.0 Å². The lowest BCUT2D eigenvalue weighted by atomic mass is 10.0. The molecule has 6 nitrogen and oxygen atoms in total. The van der Waals surface area contributed by atoms with Crippen LogP contribution in [0.25, 0.3) is 0 Å². The van der Waals surface area contributed by atoms with Gasteiger partial charge in [0, 0.05) is 19.3 Å². The second kappa shape index (κ2) is 5.14.